The van der Waals surface area contributed by atoms with Crippen LogP contribution in [0.5, 0.6) is 0 Å². The van der Waals surface area contributed by atoms with E-state index in [0.717, 1.165) is 5.76 Å². The first-order valence-corrected chi connectivity index (χ1v) is 5.65. The smallest absolute Gasteiger partial charge is 0.239 e. The van der Waals surface area contributed by atoms with Crippen molar-refractivity contribution >= 4 is 11.7 Å². The summed E-state index contributed by atoms with van der Waals surface area (Å²) in [5.74, 6) is 1.69. The number of carbonyl (C=O) groups is 1. The average Bonchev–Trinajstić information content (AvgIpc) is 2.97. The number of carbonyl (C=O) groups excluding carboxylic acids is 1. The Bertz CT molecular complexity index is 504. The van der Waals surface area contributed by atoms with Gasteiger partial charge in [0.05, 0.1) is 18.8 Å². The second-order valence-electron chi connectivity index (χ2n) is 3.99. The lowest BCUT2D eigenvalue weighted by molar-refractivity contribution is -0.115. The van der Waals surface area contributed by atoms with Gasteiger partial charge in [-0.3, -0.25) is 10.1 Å². The molecule has 1 amide bonds. The van der Waals surface area contributed by atoms with Gasteiger partial charge in [-0.25, -0.2) is 0 Å². The molecule has 0 aliphatic carbocycles. The second-order valence-corrected chi connectivity index (χ2v) is 3.99. The molecule has 0 aliphatic heterocycles. The number of aromatic nitrogens is 1. The van der Waals surface area contributed by atoms with E-state index < -0.39 is 0 Å². The summed E-state index contributed by atoms with van der Waals surface area (Å²) in [6, 6.07) is 5.31. The van der Waals surface area contributed by atoms with Crippen molar-refractivity contribution in [3.05, 3.63) is 36.0 Å². The Hall–Kier alpha value is -2.08. The van der Waals surface area contributed by atoms with Crippen molar-refractivity contribution in [2.24, 2.45) is 0 Å². The van der Waals surface area contributed by atoms with E-state index in [-0.39, 0.29) is 18.5 Å². The number of anilines is 1. The van der Waals surface area contributed by atoms with Crippen LogP contribution < -0.4 is 10.6 Å². The summed E-state index contributed by atoms with van der Waals surface area (Å²) >= 11 is 0. The zero-order chi connectivity index (χ0) is 13.0. The van der Waals surface area contributed by atoms with E-state index in [4.69, 9.17) is 8.94 Å². The minimum Gasteiger partial charge on any atom is -0.468 e. The van der Waals surface area contributed by atoms with Crippen molar-refractivity contribution in [3.63, 3.8) is 0 Å². The van der Waals surface area contributed by atoms with Crippen LogP contribution >= 0.6 is 0 Å². The van der Waals surface area contributed by atoms with Gasteiger partial charge >= 0.3 is 0 Å². The van der Waals surface area contributed by atoms with Gasteiger partial charge in [0.2, 0.25) is 5.91 Å². The summed E-state index contributed by atoms with van der Waals surface area (Å²) in [5.41, 5.74) is 0. The van der Waals surface area contributed by atoms with Crippen molar-refractivity contribution in [3.8, 4) is 0 Å². The quantitative estimate of drug-likeness (QED) is 0.845. The molecule has 18 heavy (non-hydrogen) atoms. The summed E-state index contributed by atoms with van der Waals surface area (Å²) in [6.07, 6.45) is 1.60. The maximum atomic E-state index is 11.6. The van der Waals surface area contributed by atoms with E-state index in [1.54, 1.807) is 19.3 Å². The van der Waals surface area contributed by atoms with Gasteiger partial charge in [-0.15, -0.1) is 0 Å². The van der Waals surface area contributed by atoms with Crippen molar-refractivity contribution in [1.29, 1.82) is 0 Å². The summed E-state index contributed by atoms with van der Waals surface area (Å²) in [6.45, 7) is 3.86. The molecule has 2 heterocycles. The normalized spacial score (nSPS) is 12.3. The van der Waals surface area contributed by atoms with Gasteiger partial charge in [-0.05, 0) is 26.0 Å². The minimum atomic E-state index is -0.179. The van der Waals surface area contributed by atoms with Gasteiger partial charge in [-0.1, -0.05) is 5.16 Å². The van der Waals surface area contributed by atoms with Gasteiger partial charge in [0.15, 0.2) is 5.82 Å². The Morgan fingerprint density at radius 2 is 2.39 bits per heavy atom. The molecule has 0 fully saturated rings. The Labute approximate surface area is 104 Å². The summed E-state index contributed by atoms with van der Waals surface area (Å²) in [5, 5.41) is 9.35. The van der Waals surface area contributed by atoms with Crippen LogP contribution in [-0.4, -0.2) is 17.6 Å². The third-order valence-electron chi connectivity index (χ3n) is 2.43. The highest BCUT2D eigenvalue weighted by molar-refractivity contribution is 5.91. The molecular weight excluding hydrogens is 234 g/mol. The maximum Gasteiger partial charge on any atom is 0.239 e. The average molecular weight is 249 g/mol. The molecule has 0 saturated carbocycles. The van der Waals surface area contributed by atoms with E-state index in [0.29, 0.717) is 11.6 Å². The van der Waals surface area contributed by atoms with Crippen molar-refractivity contribution in [1.82, 2.24) is 10.5 Å². The Kier molecular flexibility index (Phi) is 3.78. The molecule has 0 spiro atoms. The molecule has 96 valence electrons. The molecular formula is C12H15N3O3. The lowest BCUT2D eigenvalue weighted by atomic mass is 10.2. The fraction of sp³-hybridized carbons (Fsp3) is 0.333. The Morgan fingerprint density at radius 3 is 3.00 bits per heavy atom. The topological polar surface area (TPSA) is 80.3 Å². The van der Waals surface area contributed by atoms with Crippen LogP contribution in [0.3, 0.4) is 0 Å². The summed E-state index contributed by atoms with van der Waals surface area (Å²) in [7, 11) is 0. The molecule has 2 aromatic rings. The van der Waals surface area contributed by atoms with Gasteiger partial charge < -0.3 is 14.3 Å². The first kappa shape index (κ1) is 12.4. The van der Waals surface area contributed by atoms with E-state index in [1.807, 2.05) is 19.1 Å². The molecule has 6 nitrogen and oxygen atoms in total. The SMILES string of the molecule is Cc1cc(NC(=O)CN[C@H](C)c2ccco2)no1. The zero-order valence-electron chi connectivity index (χ0n) is 10.3. The zero-order valence-corrected chi connectivity index (χ0v) is 10.3. The van der Waals surface area contributed by atoms with Crippen LogP contribution in [0.25, 0.3) is 0 Å². The van der Waals surface area contributed by atoms with Crippen LogP contribution in [0.15, 0.2) is 33.4 Å². The molecule has 0 saturated heterocycles. The lowest BCUT2D eigenvalue weighted by Gasteiger charge is -2.10. The highest BCUT2D eigenvalue weighted by Gasteiger charge is 2.10. The van der Waals surface area contributed by atoms with Gasteiger partial charge in [0.1, 0.15) is 11.5 Å². The van der Waals surface area contributed by atoms with E-state index in [9.17, 15) is 4.79 Å². The fourth-order valence-electron chi connectivity index (χ4n) is 1.50. The third-order valence-corrected chi connectivity index (χ3v) is 2.43. The van der Waals surface area contributed by atoms with Gasteiger partial charge in [0, 0.05) is 6.07 Å². The van der Waals surface area contributed by atoms with Crippen molar-refractivity contribution < 1.29 is 13.7 Å². The summed E-state index contributed by atoms with van der Waals surface area (Å²) < 4.78 is 10.1. The molecule has 0 aromatic carbocycles. The largest absolute Gasteiger partial charge is 0.468 e. The van der Waals surface area contributed by atoms with Gasteiger partial charge in [-0.2, -0.15) is 0 Å². The van der Waals surface area contributed by atoms with Crippen molar-refractivity contribution in [2.75, 3.05) is 11.9 Å². The second kappa shape index (κ2) is 5.50. The molecule has 2 N–H and O–H groups in total. The Balaban J connectivity index is 1.78. The monoisotopic (exact) mass is 249 g/mol. The maximum absolute atomic E-state index is 11.6. The number of nitrogens with one attached hydrogen (secondary N) is 2. The number of amides is 1. The van der Waals surface area contributed by atoms with E-state index in [1.165, 1.54) is 0 Å². The van der Waals surface area contributed by atoms with Crippen LogP contribution in [-0.2, 0) is 4.79 Å². The van der Waals surface area contributed by atoms with E-state index in [2.05, 4.69) is 15.8 Å². The molecule has 0 radical (unpaired) electrons. The van der Waals surface area contributed by atoms with Crippen molar-refractivity contribution in [2.45, 2.75) is 19.9 Å². The van der Waals surface area contributed by atoms with Gasteiger partial charge in [0.25, 0.3) is 0 Å². The highest BCUT2D eigenvalue weighted by Crippen LogP contribution is 2.11. The van der Waals surface area contributed by atoms with Crippen LogP contribution in [0.2, 0.25) is 0 Å². The highest BCUT2D eigenvalue weighted by atomic mass is 16.5. The number of rotatable bonds is 5. The lowest BCUT2D eigenvalue weighted by Crippen LogP contribution is -2.30. The number of aryl methyl sites for hydroxylation is 1. The molecule has 0 bridgehead atoms. The first-order valence-electron chi connectivity index (χ1n) is 5.65. The number of hydrogen-bond donors (Lipinski definition) is 2. The number of furan rings is 1. The third kappa shape index (κ3) is 3.21. The standard InChI is InChI=1S/C12H15N3O3/c1-8-6-11(15-18-8)14-12(16)7-13-9(2)10-4-3-5-17-10/h3-6,9,13H,7H2,1-2H3,(H,14,15,16)/t9-/m1/s1. The van der Waals surface area contributed by atoms with Crippen LogP contribution in [0.4, 0.5) is 5.82 Å². The number of nitrogens with zero attached hydrogens (tertiary/aromatic N) is 1. The fourth-order valence-corrected chi connectivity index (χ4v) is 1.50. The molecule has 2 aromatic heterocycles. The van der Waals surface area contributed by atoms with Crippen LogP contribution in [0.1, 0.15) is 24.5 Å². The molecule has 1 atom stereocenters. The Morgan fingerprint density at radius 1 is 1.56 bits per heavy atom. The minimum absolute atomic E-state index is 0.0233. The summed E-state index contributed by atoms with van der Waals surface area (Å²) in [4.78, 5) is 11.6. The van der Waals surface area contributed by atoms with E-state index >= 15 is 0 Å². The molecule has 6 heteroatoms. The first-order chi connectivity index (χ1) is 8.65. The van der Waals surface area contributed by atoms with Crippen LogP contribution in [0, 0.1) is 6.92 Å². The predicted octanol–water partition coefficient (Wildman–Crippen LogP) is 1.87. The molecule has 0 unspecified atom stereocenters. The number of hydrogen-bond acceptors (Lipinski definition) is 5. The molecule has 2 rings (SSSR count). The predicted molar refractivity (Wildman–Crippen MR) is 65.0 cm³/mol. The molecule has 0 aliphatic rings.